The highest BCUT2D eigenvalue weighted by atomic mass is 16.5. The topological polar surface area (TPSA) is 92.9 Å². The molecule has 0 aromatic heterocycles. The fourth-order valence-electron chi connectivity index (χ4n) is 1.86. The molecule has 0 radical (unpaired) electrons. The van der Waals surface area contributed by atoms with Crippen molar-refractivity contribution >= 4 is 11.9 Å². The van der Waals surface area contributed by atoms with Crippen LogP contribution in [-0.4, -0.2) is 42.1 Å². The van der Waals surface area contributed by atoms with Crippen LogP contribution in [0.4, 0.5) is 0 Å². The molecule has 3 N–H and O–H groups in total. The molecule has 1 aromatic carbocycles. The van der Waals surface area contributed by atoms with E-state index in [9.17, 15) is 9.59 Å². The van der Waals surface area contributed by atoms with Gasteiger partial charge >= 0.3 is 5.97 Å². The number of carboxylic acids is 1. The number of carbonyl (C=O) groups excluding carboxylic acids is 1. The van der Waals surface area contributed by atoms with Crippen molar-refractivity contribution in [3.8, 4) is 5.75 Å². The van der Waals surface area contributed by atoms with E-state index in [1.165, 1.54) is 0 Å². The van der Waals surface area contributed by atoms with Crippen LogP contribution in [0.3, 0.4) is 0 Å². The van der Waals surface area contributed by atoms with Gasteiger partial charge in [-0.2, -0.15) is 0 Å². The second kappa shape index (κ2) is 7.49. The van der Waals surface area contributed by atoms with Gasteiger partial charge in [-0.15, -0.1) is 0 Å². The lowest BCUT2D eigenvalue weighted by molar-refractivity contribution is -0.142. The molecule has 110 valence electrons. The summed E-state index contributed by atoms with van der Waals surface area (Å²) in [7, 11) is 1.59. The molecule has 0 aliphatic heterocycles. The molecular formula is C14H20N2O4. The molecule has 6 heteroatoms. The van der Waals surface area contributed by atoms with Crippen molar-refractivity contribution < 1.29 is 19.4 Å². The maximum Gasteiger partial charge on any atom is 0.307 e. The second-order valence-corrected chi connectivity index (χ2v) is 4.72. The number of rotatable bonds is 8. The molecule has 1 amide bonds. The molecule has 0 bridgehead atoms. The van der Waals surface area contributed by atoms with Crippen molar-refractivity contribution in [3.63, 3.8) is 0 Å². The Labute approximate surface area is 118 Å². The molecule has 0 aliphatic carbocycles. The van der Waals surface area contributed by atoms with Crippen LogP contribution < -0.4 is 10.5 Å². The van der Waals surface area contributed by atoms with Crippen molar-refractivity contribution in [3.05, 3.63) is 29.8 Å². The van der Waals surface area contributed by atoms with E-state index >= 15 is 0 Å². The molecule has 0 fully saturated rings. The number of carboxylic acid groups (broad SMARTS) is 1. The Morgan fingerprint density at radius 3 is 2.40 bits per heavy atom. The first-order valence-corrected chi connectivity index (χ1v) is 6.28. The number of primary amides is 1. The largest absolute Gasteiger partial charge is 0.497 e. The SMILES string of the molecule is COc1ccc(CN(CC(N)=O)CC(C)C(=O)O)cc1. The van der Waals surface area contributed by atoms with Gasteiger partial charge < -0.3 is 15.6 Å². The highest BCUT2D eigenvalue weighted by Gasteiger charge is 2.17. The number of hydrogen-bond acceptors (Lipinski definition) is 4. The molecule has 1 rings (SSSR count). The zero-order chi connectivity index (χ0) is 15.1. The lowest BCUT2D eigenvalue weighted by Crippen LogP contribution is -2.37. The van der Waals surface area contributed by atoms with Crippen LogP contribution in [0.5, 0.6) is 5.75 Å². The van der Waals surface area contributed by atoms with E-state index in [0.29, 0.717) is 6.54 Å². The predicted octanol–water partition coefficient (Wildman–Crippen LogP) is 0.703. The van der Waals surface area contributed by atoms with Gasteiger partial charge in [0.2, 0.25) is 5.91 Å². The van der Waals surface area contributed by atoms with Crippen molar-refractivity contribution in [1.82, 2.24) is 4.90 Å². The summed E-state index contributed by atoms with van der Waals surface area (Å²) in [4.78, 5) is 23.7. The summed E-state index contributed by atoms with van der Waals surface area (Å²) >= 11 is 0. The Kier molecular flexibility index (Phi) is 5.99. The van der Waals surface area contributed by atoms with E-state index in [2.05, 4.69) is 0 Å². The first-order chi connectivity index (χ1) is 9.42. The predicted molar refractivity (Wildman–Crippen MR) is 74.3 cm³/mol. The third-order valence-electron chi connectivity index (χ3n) is 2.90. The molecule has 0 heterocycles. The van der Waals surface area contributed by atoms with Crippen LogP contribution in [0.25, 0.3) is 0 Å². The minimum atomic E-state index is -0.894. The molecule has 1 unspecified atom stereocenters. The van der Waals surface area contributed by atoms with Crippen LogP contribution >= 0.6 is 0 Å². The normalized spacial score (nSPS) is 12.2. The highest BCUT2D eigenvalue weighted by Crippen LogP contribution is 2.13. The average molecular weight is 280 g/mol. The number of nitrogens with zero attached hydrogens (tertiary/aromatic N) is 1. The minimum Gasteiger partial charge on any atom is -0.497 e. The van der Waals surface area contributed by atoms with Gasteiger partial charge in [0.1, 0.15) is 5.75 Å². The smallest absolute Gasteiger partial charge is 0.307 e. The van der Waals surface area contributed by atoms with Gasteiger partial charge in [-0.1, -0.05) is 19.1 Å². The second-order valence-electron chi connectivity index (χ2n) is 4.72. The maximum absolute atomic E-state index is 11.1. The number of benzene rings is 1. The summed E-state index contributed by atoms with van der Waals surface area (Å²) in [5.41, 5.74) is 6.16. The number of methoxy groups -OCH3 is 1. The van der Waals surface area contributed by atoms with Gasteiger partial charge in [0.25, 0.3) is 0 Å². The zero-order valence-electron chi connectivity index (χ0n) is 11.7. The van der Waals surface area contributed by atoms with Gasteiger partial charge in [-0.05, 0) is 17.7 Å². The van der Waals surface area contributed by atoms with E-state index in [0.717, 1.165) is 11.3 Å². The van der Waals surface area contributed by atoms with Crippen LogP contribution in [0, 0.1) is 5.92 Å². The summed E-state index contributed by atoms with van der Waals surface area (Å²) in [6.07, 6.45) is 0. The molecule has 6 nitrogen and oxygen atoms in total. The molecule has 0 spiro atoms. The Hall–Kier alpha value is -2.08. The first-order valence-electron chi connectivity index (χ1n) is 6.28. The fourth-order valence-corrected chi connectivity index (χ4v) is 1.86. The number of ether oxygens (including phenoxy) is 1. The van der Waals surface area contributed by atoms with Crippen LogP contribution in [0.15, 0.2) is 24.3 Å². The Morgan fingerprint density at radius 2 is 1.95 bits per heavy atom. The quantitative estimate of drug-likeness (QED) is 0.731. The molecule has 1 aromatic rings. The summed E-state index contributed by atoms with van der Waals surface area (Å²) < 4.78 is 5.07. The standard InChI is InChI=1S/C14H20N2O4/c1-10(14(18)19)7-16(9-13(15)17)8-11-3-5-12(20-2)6-4-11/h3-6,10H,7-9H2,1-2H3,(H2,15,17)(H,18,19). The van der Waals surface area contributed by atoms with Gasteiger partial charge in [0.15, 0.2) is 0 Å². The number of amides is 1. The molecular weight excluding hydrogens is 260 g/mol. The number of hydrogen-bond donors (Lipinski definition) is 2. The van der Waals surface area contributed by atoms with E-state index < -0.39 is 17.8 Å². The first kappa shape index (κ1) is 16.0. The highest BCUT2D eigenvalue weighted by molar-refractivity contribution is 5.76. The molecule has 20 heavy (non-hydrogen) atoms. The van der Waals surface area contributed by atoms with Gasteiger partial charge in [0.05, 0.1) is 19.6 Å². The van der Waals surface area contributed by atoms with Crippen LogP contribution in [0.2, 0.25) is 0 Å². The lowest BCUT2D eigenvalue weighted by atomic mass is 10.1. The zero-order valence-corrected chi connectivity index (χ0v) is 11.7. The third kappa shape index (κ3) is 5.27. The monoisotopic (exact) mass is 280 g/mol. The lowest BCUT2D eigenvalue weighted by Gasteiger charge is -2.22. The Bertz CT molecular complexity index is 459. The fraction of sp³-hybridized carbons (Fsp3) is 0.429. The summed E-state index contributed by atoms with van der Waals surface area (Å²) in [5.74, 6) is -1.19. The summed E-state index contributed by atoms with van der Waals surface area (Å²) in [6.45, 7) is 2.36. The molecule has 0 saturated heterocycles. The number of nitrogens with two attached hydrogens (primary N) is 1. The van der Waals surface area contributed by atoms with Crippen molar-refractivity contribution in [2.45, 2.75) is 13.5 Å². The van der Waals surface area contributed by atoms with Gasteiger partial charge in [-0.25, -0.2) is 0 Å². The molecule has 0 aliphatic rings. The third-order valence-corrected chi connectivity index (χ3v) is 2.90. The Morgan fingerprint density at radius 1 is 1.35 bits per heavy atom. The van der Waals surface area contributed by atoms with Crippen molar-refractivity contribution in [2.24, 2.45) is 11.7 Å². The minimum absolute atomic E-state index is 0.0314. The van der Waals surface area contributed by atoms with Crippen LogP contribution in [-0.2, 0) is 16.1 Å². The molecule has 1 atom stereocenters. The summed E-state index contributed by atoms with van der Waals surface area (Å²) in [6, 6.07) is 7.38. The van der Waals surface area contributed by atoms with Gasteiger partial charge in [-0.3, -0.25) is 14.5 Å². The van der Waals surface area contributed by atoms with E-state index in [-0.39, 0.29) is 13.1 Å². The van der Waals surface area contributed by atoms with E-state index in [4.69, 9.17) is 15.6 Å². The van der Waals surface area contributed by atoms with Crippen molar-refractivity contribution in [1.29, 1.82) is 0 Å². The number of aliphatic carboxylic acids is 1. The average Bonchev–Trinajstić information content (AvgIpc) is 2.38. The van der Waals surface area contributed by atoms with Crippen LogP contribution in [0.1, 0.15) is 12.5 Å². The maximum atomic E-state index is 11.1. The van der Waals surface area contributed by atoms with E-state index in [1.807, 2.05) is 24.3 Å². The van der Waals surface area contributed by atoms with E-state index in [1.54, 1.807) is 18.9 Å². The van der Waals surface area contributed by atoms with Gasteiger partial charge in [0, 0.05) is 13.1 Å². The Balaban J connectivity index is 2.72. The molecule has 0 saturated carbocycles. The summed E-state index contributed by atoms with van der Waals surface area (Å²) in [5, 5.41) is 8.94. The number of carbonyl (C=O) groups is 2. The van der Waals surface area contributed by atoms with Crippen molar-refractivity contribution in [2.75, 3.05) is 20.2 Å².